The van der Waals surface area contributed by atoms with Gasteiger partial charge in [-0.2, -0.15) is 0 Å². The van der Waals surface area contributed by atoms with Gasteiger partial charge in [-0.1, -0.05) is 30.7 Å². The number of para-hydroxylation sites is 1. The summed E-state index contributed by atoms with van der Waals surface area (Å²) in [5.41, 5.74) is 2.68. The Balaban J connectivity index is 1.59. The molecule has 0 bridgehead atoms. The van der Waals surface area contributed by atoms with Crippen molar-refractivity contribution >= 4 is 27.3 Å². The van der Waals surface area contributed by atoms with Crippen LogP contribution in [0, 0.1) is 5.82 Å². The van der Waals surface area contributed by atoms with Gasteiger partial charge in [-0.05, 0) is 72.4 Å². The largest absolute Gasteiger partial charge is 0.495 e. The van der Waals surface area contributed by atoms with E-state index in [2.05, 4.69) is 10.0 Å². The van der Waals surface area contributed by atoms with Gasteiger partial charge in [0.25, 0.3) is 10.0 Å². The van der Waals surface area contributed by atoms with Crippen LogP contribution in [0.4, 0.5) is 15.8 Å². The number of fused-ring (bicyclic) bond motifs is 2. The van der Waals surface area contributed by atoms with Gasteiger partial charge in [-0.3, -0.25) is 9.52 Å². The van der Waals surface area contributed by atoms with Gasteiger partial charge in [0, 0.05) is 11.4 Å². The van der Waals surface area contributed by atoms with E-state index >= 15 is 0 Å². The lowest BCUT2D eigenvalue weighted by atomic mass is 9.65. The Morgan fingerprint density at radius 3 is 2.58 bits per heavy atom. The van der Waals surface area contributed by atoms with Crippen molar-refractivity contribution < 1.29 is 22.3 Å². The average Bonchev–Trinajstić information content (AvgIpc) is 3.06. The van der Waals surface area contributed by atoms with Crippen LogP contribution in [0.1, 0.15) is 36.0 Å². The van der Waals surface area contributed by atoms with E-state index in [1.165, 1.54) is 25.3 Å². The second-order valence-electron chi connectivity index (χ2n) is 8.51. The second-order valence-corrected chi connectivity index (χ2v) is 10.2. The summed E-state index contributed by atoms with van der Waals surface area (Å²) in [4.78, 5) is 12.9. The molecule has 1 aliphatic heterocycles. The fourth-order valence-electron chi connectivity index (χ4n) is 4.73. The quantitative estimate of drug-likeness (QED) is 0.556. The number of benzene rings is 3. The molecule has 2 N–H and O–H groups in total. The molecule has 2 aliphatic rings. The Hall–Kier alpha value is -3.39. The highest BCUT2D eigenvalue weighted by atomic mass is 32.2. The summed E-state index contributed by atoms with van der Waals surface area (Å²) in [5, 5.41) is 3.00. The molecule has 5 rings (SSSR count). The molecule has 3 aromatic rings. The summed E-state index contributed by atoms with van der Waals surface area (Å²) in [6.45, 7) is 0. The molecule has 3 aromatic carbocycles. The van der Waals surface area contributed by atoms with Gasteiger partial charge >= 0.3 is 0 Å². The topological polar surface area (TPSA) is 84.5 Å². The third-order valence-corrected chi connectivity index (χ3v) is 7.93. The number of rotatable bonds is 6. The first-order valence-corrected chi connectivity index (χ1v) is 12.2. The van der Waals surface area contributed by atoms with Gasteiger partial charge in [0.05, 0.1) is 12.5 Å². The van der Waals surface area contributed by atoms with Crippen LogP contribution >= 0.6 is 0 Å². The van der Waals surface area contributed by atoms with Gasteiger partial charge in [0.15, 0.2) is 0 Å². The zero-order valence-corrected chi connectivity index (χ0v) is 18.8. The molecular formula is C25H23FN2O4S. The Morgan fingerprint density at radius 1 is 1.09 bits per heavy atom. The highest BCUT2D eigenvalue weighted by Crippen LogP contribution is 2.53. The Labute approximate surface area is 191 Å². The minimum absolute atomic E-state index is 0.0206. The maximum atomic E-state index is 13.8. The fourth-order valence-corrected chi connectivity index (χ4v) is 5.94. The minimum atomic E-state index is -3.95. The van der Waals surface area contributed by atoms with Crippen LogP contribution in [0.3, 0.4) is 0 Å². The van der Waals surface area contributed by atoms with Crippen molar-refractivity contribution in [3.63, 3.8) is 0 Å². The number of hydrogen-bond donors (Lipinski definition) is 2. The molecular weight excluding hydrogens is 443 g/mol. The molecule has 0 atom stereocenters. The number of carbonyl (C=O) groups excluding carboxylic acids is 1. The molecule has 1 fully saturated rings. The van der Waals surface area contributed by atoms with E-state index in [0.29, 0.717) is 30.6 Å². The molecule has 1 amide bonds. The third kappa shape index (κ3) is 3.64. The van der Waals surface area contributed by atoms with Crippen LogP contribution in [-0.2, 0) is 26.7 Å². The number of hydrogen-bond acceptors (Lipinski definition) is 4. The lowest BCUT2D eigenvalue weighted by Crippen LogP contribution is -2.40. The Bertz CT molecular complexity index is 1370. The number of sulfonamides is 1. The number of nitrogens with one attached hydrogen (secondary N) is 2. The van der Waals surface area contributed by atoms with Crippen molar-refractivity contribution in [1.82, 2.24) is 0 Å². The van der Waals surface area contributed by atoms with E-state index in [1.807, 2.05) is 0 Å². The van der Waals surface area contributed by atoms with E-state index in [4.69, 9.17) is 4.74 Å². The first kappa shape index (κ1) is 21.5. The molecule has 170 valence electrons. The van der Waals surface area contributed by atoms with E-state index in [-0.39, 0.29) is 22.4 Å². The highest BCUT2D eigenvalue weighted by molar-refractivity contribution is 7.92. The van der Waals surface area contributed by atoms with Crippen molar-refractivity contribution in [2.75, 3.05) is 17.1 Å². The van der Waals surface area contributed by atoms with Crippen LogP contribution in [0.2, 0.25) is 0 Å². The standard InChI is InChI=1S/C25H23FN2O4S/c1-32-21-8-2-3-9-22(21)33(30,31)28-19-14-17(12-16-6-4-7-18(26)13-16)23-20(15-19)25(10-5-11-25)24(29)27-23/h2-4,6-9,13-15,28H,5,10-12H2,1H3,(H,27,29). The summed E-state index contributed by atoms with van der Waals surface area (Å²) in [6.07, 6.45) is 2.71. The molecule has 0 unspecified atom stereocenters. The molecule has 1 heterocycles. The summed E-state index contributed by atoms with van der Waals surface area (Å²) >= 11 is 0. The maximum Gasteiger partial charge on any atom is 0.265 e. The van der Waals surface area contributed by atoms with Crippen molar-refractivity contribution in [1.29, 1.82) is 0 Å². The van der Waals surface area contributed by atoms with E-state index in [9.17, 15) is 17.6 Å². The van der Waals surface area contributed by atoms with Crippen molar-refractivity contribution in [2.45, 2.75) is 36.0 Å². The molecule has 8 heteroatoms. The zero-order chi connectivity index (χ0) is 23.2. The van der Waals surface area contributed by atoms with E-state index in [1.54, 1.807) is 42.5 Å². The molecule has 0 aromatic heterocycles. The number of halogens is 1. The molecule has 0 saturated heterocycles. The van der Waals surface area contributed by atoms with Crippen molar-refractivity contribution in [3.05, 3.63) is 83.2 Å². The van der Waals surface area contributed by atoms with Crippen LogP contribution < -0.4 is 14.8 Å². The molecule has 1 spiro atoms. The number of carbonyl (C=O) groups is 1. The normalized spacial score (nSPS) is 16.1. The van der Waals surface area contributed by atoms with Crippen LogP contribution in [0.15, 0.2) is 65.6 Å². The van der Waals surface area contributed by atoms with Crippen LogP contribution in [0.25, 0.3) is 0 Å². The van der Waals surface area contributed by atoms with Gasteiger partial charge in [0.1, 0.15) is 16.5 Å². The molecule has 6 nitrogen and oxygen atoms in total. The first-order chi connectivity index (χ1) is 15.8. The second kappa shape index (κ2) is 7.88. The lowest BCUT2D eigenvalue weighted by Gasteiger charge is -2.36. The maximum absolute atomic E-state index is 13.8. The summed E-state index contributed by atoms with van der Waals surface area (Å²) in [5.74, 6) is -0.177. The van der Waals surface area contributed by atoms with E-state index < -0.39 is 15.4 Å². The number of amides is 1. The highest BCUT2D eigenvalue weighted by Gasteiger charge is 2.51. The SMILES string of the molecule is COc1ccccc1S(=O)(=O)Nc1cc(Cc2cccc(F)c2)c2c(c1)C1(CCC1)C(=O)N2. The van der Waals surface area contributed by atoms with Gasteiger partial charge in [-0.25, -0.2) is 12.8 Å². The molecule has 0 radical (unpaired) electrons. The molecule has 33 heavy (non-hydrogen) atoms. The average molecular weight is 467 g/mol. The van der Waals surface area contributed by atoms with Gasteiger partial charge < -0.3 is 10.1 Å². The summed E-state index contributed by atoms with van der Waals surface area (Å²) in [7, 11) is -2.53. The van der Waals surface area contributed by atoms with E-state index in [0.717, 1.165) is 23.1 Å². The van der Waals surface area contributed by atoms with Crippen LogP contribution in [0.5, 0.6) is 5.75 Å². The number of ether oxygens (including phenoxy) is 1. The van der Waals surface area contributed by atoms with Gasteiger partial charge in [-0.15, -0.1) is 0 Å². The monoisotopic (exact) mass is 466 g/mol. The number of methoxy groups -OCH3 is 1. The lowest BCUT2D eigenvalue weighted by molar-refractivity contribution is -0.123. The number of anilines is 2. The Morgan fingerprint density at radius 2 is 1.88 bits per heavy atom. The predicted octanol–water partition coefficient (Wildman–Crippen LogP) is 4.60. The third-order valence-electron chi connectivity index (χ3n) is 6.51. The minimum Gasteiger partial charge on any atom is -0.495 e. The predicted molar refractivity (Wildman–Crippen MR) is 124 cm³/mol. The molecule has 1 aliphatic carbocycles. The Kier molecular flexibility index (Phi) is 5.12. The van der Waals surface area contributed by atoms with Gasteiger partial charge in [0.2, 0.25) is 5.91 Å². The fraction of sp³-hybridized carbons (Fsp3) is 0.240. The zero-order valence-electron chi connectivity index (χ0n) is 18.0. The van der Waals surface area contributed by atoms with Crippen LogP contribution in [-0.4, -0.2) is 21.4 Å². The molecule has 1 saturated carbocycles. The first-order valence-electron chi connectivity index (χ1n) is 10.7. The van der Waals surface area contributed by atoms with Crippen molar-refractivity contribution in [3.8, 4) is 5.75 Å². The smallest absolute Gasteiger partial charge is 0.265 e. The summed E-state index contributed by atoms with van der Waals surface area (Å²) < 4.78 is 48.0. The van der Waals surface area contributed by atoms with Crippen molar-refractivity contribution in [2.24, 2.45) is 0 Å². The summed E-state index contributed by atoms with van der Waals surface area (Å²) in [6, 6.07) is 16.1.